The molecule has 1 amide bonds. The van der Waals surface area contributed by atoms with Crippen LogP contribution in [-0.2, 0) is 9.53 Å². The summed E-state index contributed by atoms with van der Waals surface area (Å²) >= 11 is 0. The molecule has 2 saturated heterocycles. The third-order valence-corrected chi connectivity index (χ3v) is 4.46. The lowest BCUT2D eigenvalue weighted by Gasteiger charge is -2.35. The summed E-state index contributed by atoms with van der Waals surface area (Å²) in [6.45, 7) is 2.36. The monoisotopic (exact) mass is 304 g/mol. The molecular weight excluding hydrogens is 280 g/mol. The SMILES string of the molecule is COc1cccc(N2CCCC(NC3CCOCC3)C2=O)c1. The summed E-state index contributed by atoms with van der Waals surface area (Å²) in [5.74, 6) is 0.954. The average molecular weight is 304 g/mol. The number of rotatable bonds is 4. The van der Waals surface area contributed by atoms with Gasteiger partial charge in [-0.25, -0.2) is 0 Å². The molecule has 0 bridgehead atoms. The van der Waals surface area contributed by atoms with Crippen LogP contribution in [0.15, 0.2) is 24.3 Å². The van der Waals surface area contributed by atoms with Crippen LogP contribution in [0.4, 0.5) is 5.69 Å². The minimum Gasteiger partial charge on any atom is -0.497 e. The number of amides is 1. The fourth-order valence-corrected chi connectivity index (χ4v) is 3.21. The maximum absolute atomic E-state index is 12.8. The topological polar surface area (TPSA) is 50.8 Å². The summed E-state index contributed by atoms with van der Waals surface area (Å²) in [6.07, 6.45) is 3.91. The van der Waals surface area contributed by atoms with E-state index in [4.69, 9.17) is 9.47 Å². The van der Waals surface area contributed by atoms with Gasteiger partial charge in [-0.15, -0.1) is 0 Å². The zero-order valence-electron chi connectivity index (χ0n) is 13.1. The van der Waals surface area contributed by atoms with Crippen molar-refractivity contribution in [2.75, 3.05) is 31.8 Å². The van der Waals surface area contributed by atoms with Gasteiger partial charge in [0, 0.05) is 37.6 Å². The second kappa shape index (κ2) is 7.11. The smallest absolute Gasteiger partial charge is 0.244 e. The first-order valence-electron chi connectivity index (χ1n) is 8.07. The highest BCUT2D eigenvalue weighted by Crippen LogP contribution is 2.25. The highest BCUT2D eigenvalue weighted by molar-refractivity contribution is 5.98. The molecule has 0 aromatic heterocycles. The number of methoxy groups -OCH3 is 1. The minimum atomic E-state index is -0.0805. The quantitative estimate of drug-likeness (QED) is 0.924. The molecule has 0 spiro atoms. The summed E-state index contributed by atoms with van der Waals surface area (Å²) in [7, 11) is 1.65. The van der Waals surface area contributed by atoms with Crippen molar-refractivity contribution in [1.29, 1.82) is 0 Å². The number of benzene rings is 1. The van der Waals surface area contributed by atoms with Crippen LogP contribution in [0.1, 0.15) is 25.7 Å². The minimum absolute atomic E-state index is 0.0805. The average Bonchev–Trinajstić information content (AvgIpc) is 2.58. The maximum atomic E-state index is 12.8. The molecule has 0 saturated carbocycles. The van der Waals surface area contributed by atoms with Crippen LogP contribution < -0.4 is 15.0 Å². The molecule has 1 aromatic carbocycles. The molecule has 2 fully saturated rings. The van der Waals surface area contributed by atoms with E-state index in [9.17, 15) is 4.79 Å². The standard InChI is InChI=1S/C17H24N2O3/c1-21-15-5-2-4-14(12-15)19-9-3-6-16(17(19)20)18-13-7-10-22-11-8-13/h2,4-5,12-13,16,18H,3,6-11H2,1H3. The highest BCUT2D eigenvalue weighted by Gasteiger charge is 2.31. The van der Waals surface area contributed by atoms with Crippen LogP contribution in [0, 0.1) is 0 Å². The summed E-state index contributed by atoms with van der Waals surface area (Å²) in [5.41, 5.74) is 0.919. The van der Waals surface area contributed by atoms with E-state index in [1.807, 2.05) is 29.2 Å². The fraction of sp³-hybridized carbons (Fsp3) is 0.588. The van der Waals surface area contributed by atoms with E-state index in [1.54, 1.807) is 7.11 Å². The van der Waals surface area contributed by atoms with Gasteiger partial charge >= 0.3 is 0 Å². The molecule has 0 aliphatic carbocycles. The zero-order valence-corrected chi connectivity index (χ0v) is 13.1. The van der Waals surface area contributed by atoms with E-state index >= 15 is 0 Å². The number of carbonyl (C=O) groups is 1. The normalized spacial score (nSPS) is 23.6. The van der Waals surface area contributed by atoms with E-state index < -0.39 is 0 Å². The Morgan fingerprint density at radius 1 is 1.27 bits per heavy atom. The van der Waals surface area contributed by atoms with E-state index in [0.717, 1.165) is 56.9 Å². The third-order valence-electron chi connectivity index (χ3n) is 4.46. The molecule has 1 aromatic rings. The second-order valence-corrected chi connectivity index (χ2v) is 5.94. The maximum Gasteiger partial charge on any atom is 0.244 e. The van der Waals surface area contributed by atoms with Gasteiger partial charge in [-0.3, -0.25) is 4.79 Å². The molecule has 1 N–H and O–H groups in total. The van der Waals surface area contributed by atoms with Crippen molar-refractivity contribution in [3.8, 4) is 5.75 Å². The van der Waals surface area contributed by atoms with Crippen molar-refractivity contribution < 1.29 is 14.3 Å². The molecule has 22 heavy (non-hydrogen) atoms. The molecule has 2 heterocycles. The Morgan fingerprint density at radius 2 is 2.09 bits per heavy atom. The number of anilines is 1. The van der Waals surface area contributed by atoms with Gasteiger partial charge in [-0.1, -0.05) is 6.07 Å². The summed E-state index contributed by atoms with van der Waals surface area (Å²) in [4.78, 5) is 14.7. The third kappa shape index (κ3) is 3.42. The lowest BCUT2D eigenvalue weighted by atomic mass is 10.0. The van der Waals surface area contributed by atoms with Crippen molar-refractivity contribution in [3.63, 3.8) is 0 Å². The number of carbonyl (C=O) groups excluding carboxylic acids is 1. The zero-order chi connectivity index (χ0) is 15.4. The largest absolute Gasteiger partial charge is 0.497 e. The van der Waals surface area contributed by atoms with Gasteiger partial charge in [0.2, 0.25) is 5.91 Å². The highest BCUT2D eigenvalue weighted by atomic mass is 16.5. The molecule has 0 radical (unpaired) electrons. The first-order valence-corrected chi connectivity index (χ1v) is 8.07. The van der Waals surface area contributed by atoms with Gasteiger partial charge in [0.05, 0.1) is 13.2 Å². The molecule has 120 valence electrons. The number of ether oxygens (including phenoxy) is 2. The molecule has 2 aliphatic heterocycles. The van der Waals surface area contributed by atoms with Crippen LogP contribution >= 0.6 is 0 Å². The second-order valence-electron chi connectivity index (χ2n) is 5.94. The van der Waals surface area contributed by atoms with Gasteiger partial charge in [0.25, 0.3) is 0 Å². The van der Waals surface area contributed by atoms with E-state index in [1.165, 1.54) is 0 Å². The van der Waals surface area contributed by atoms with Crippen molar-refractivity contribution in [2.24, 2.45) is 0 Å². The molecule has 1 unspecified atom stereocenters. The number of hydrogen-bond acceptors (Lipinski definition) is 4. The van der Waals surface area contributed by atoms with Crippen molar-refractivity contribution in [1.82, 2.24) is 5.32 Å². The Balaban J connectivity index is 1.68. The van der Waals surface area contributed by atoms with Crippen LogP contribution in [-0.4, -0.2) is 44.9 Å². The summed E-state index contributed by atoms with van der Waals surface area (Å²) < 4.78 is 10.6. The molecule has 5 heteroatoms. The Kier molecular flexibility index (Phi) is 4.95. The Morgan fingerprint density at radius 3 is 2.86 bits per heavy atom. The van der Waals surface area contributed by atoms with Crippen LogP contribution in [0.25, 0.3) is 0 Å². The molecule has 3 rings (SSSR count). The van der Waals surface area contributed by atoms with Crippen LogP contribution in [0.2, 0.25) is 0 Å². The van der Waals surface area contributed by atoms with Crippen LogP contribution in [0.3, 0.4) is 0 Å². The van der Waals surface area contributed by atoms with Gasteiger partial charge < -0.3 is 19.7 Å². The molecule has 5 nitrogen and oxygen atoms in total. The number of nitrogens with one attached hydrogen (secondary N) is 1. The molecule has 1 atom stereocenters. The number of nitrogens with zero attached hydrogens (tertiary/aromatic N) is 1. The van der Waals surface area contributed by atoms with Crippen molar-refractivity contribution in [2.45, 2.75) is 37.8 Å². The Labute approximate surface area is 131 Å². The Hall–Kier alpha value is -1.59. The van der Waals surface area contributed by atoms with Gasteiger partial charge in [0.1, 0.15) is 5.75 Å². The van der Waals surface area contributed by atoms with Gasteiger partial charge in [0.15, 0.2) is 0 Å². The summed E-state index contributed by atoms with van der Waals surface area (Å²) in [5, 5.41) is 3.53. The fourth-order valence-electron chi connectivity index (χ4n) is 3.21. The Bertz CT molecular complexity index is 514. The predicted octanol–water partition coefficient (Wildman–Crippen LogP) is 1.96. The van der Waals surface area contributed by atoms with E-state index in [2.05, 4.69) is 5.32 Å². The summed E-state index contributed by atoms with van der Waals surface area (Å²) in [6, 6.07) is 8.04. The number of hydrogen-bond donors (Lipinski definition) is 1. The lowest BCUT2D eigenvalue weighted by Crippen LogP contribution is -2.54. The molecular formula is C17H24N2O3. The van der Waals surface area contributed by atoms with Crippen LogP contribution in [0.5, 0.6) is 5.75 Å². The van der Waals surface area contributed by atoms with Crippen molar-refractivity contribution >= 4 is 11.6 Å². The first-order chi connectivity index (χ1) is 10.8. The molecule has 2 aliphatic rings. The van der Waals surface area contributed by atoms with E-state index in [0.29, 0.717) is 6.04 Å². The lowest BCUT2D eigenvalue weighted by molar-refractivity contribution is -0.122. The first kappa shape index (κ1) is 15.3. The van der Waals surface area contributed by atoms with Gasteiger partial charge in [-0.2, -0.15) is 0 Å². The number of piperidine rings is 1. The predicted molar refractivity (Wildman–Crippen MR) is 85.3 cm³/mol. The van der Waals surface area contributed by atoms with Crippen molar-refractivity contribution in [3.05, 3.63) is 24.3 Å². The van der Waals surface area contributed by atoms with E-state index in [-0.39, 0.29) is 11.9 Å². The van der Waals surface area contributed by atoms with Gasteiger partial charge in [-0.05, 0) is 37.8 Å².